The second-order valence-corrected chi connectivity index (χ2v) is 6.61. The van der Waals surface area contributed by atoms with Gasteiger partial charge in [0.2, 0.25) is 11.9 Å². The highest BCUT2D eigenvalue weighted by atomic mass is 19.1. The zero-order valence-corrected chi connectivity index (χ0v) is 13.6. The largest absolute Gasteiger partial charge is 0.386 e. The maximum Gasteiger partial charge on any atom is 0.228 e. The Morgan fingerprint density at radius 2 is 1.83 bits per heavy atom. The molecule has 0 saturated heterocycles. The summed E-state index contributed by atoms with van der Waals surface area (Å²) in [5, 5.41) is 16.2. The molecule has 6 nitrogen and oxygen atoms in total. The SMILES string of the molecule is CC(C)Nc1nc(NC2CCC2)nc(C2=C(F)C(O)CCC2)n1. The second-order valence-electron chi connectivity index (χ2n) is 6.61. The summed E-state index contributed by atoms with van der Waals surface area (Å²) in [6.45, 7) is 3.99. The molecule has 1 saturated carbocycles. The van der Waals surface area contributed by atoms with E-state index in [1.807, 2.05) is 13.8 Å². The van der Waals surface area contributed by atoms with E-state index in [-0.39, 0.29) is 6.04 Å². The summed E-state index contributed by atoms with van der Waals surface area (Å²) < 4.78 is 14.3. The van der Waals surface area contributed by atoms with Crippen LogP contribution in [0, 0.1) is 0 Å². The summed E-state index contributed by atoms with van der Waals surface area (Å²) in [4.78, 5) is 13.1. The standard InChI is InChI=1S/C16H24FN5O/c1-9(2)18-15-20-14(11-7-4-8-12(23)13(11)17)21-16(22-15)19-10-5-3-6-10/h9-10,12,23H,3-8H2,1-2H3,(H2,18,19,20,21,22). The van der Waals surface area contributed by atoms with Crippen LogP contribution in [0.4, 0.5) is 16.3 Å². The Kier molecular flexibility index (Phi) is 4.75. The number of rotatable bonds is 5. The molecule has 0 radical (unpaired) electrons. The first-order chi connectivity index (χ1) is 11.0. The van der Waals surface area contributed by atoms with Gasteiger partial charge in [-0.05, 0) is 52.4 Å². The molecule has 1 atom stereocenters. The third-order valence-corrected chi connectivity index (χ3v) is 4.25. The van der Waals surface area contributed by atoms with Crippen molar-refractivity contribution in [1.29, 1.82) is 0 Å². The monoisotopic (exact) mass is 321 g/mol. The second kappa shape index (κ2) is 6.78. The molecule has 23 heavy (non-hydrogen) atoms. The van der Waals surface area contributed by atoms with Crippen molar-refractivity contribution in [3.8, 4) is 0 Å². The van der Waals surface area contributed by atoms with Gasteiger partial charge in [0.1, 0.15) is 11.9 Å². The van der Waals surface area contributed by atoms with Crippen molar-refractivity contribution in [2.75, 3.05) is 10.6 Å². The number of hydrogen-bond acceptors (Lipinski definition) is 6. The topological polar surface area (TPSA) is 83.0 Å². The minimum absolute atomic E-state index is 0.164. The Bertz CT molecular complexity index is 600. The van der Waals surface area contributed by atoms with Gasteiger partial charge in [0.05, 0.1) is 0 Å². The Hall–Kier alpha value is -1.76. The molecule has 0 aliphatic heterocycles. The van der Waals surface area contributed by atoms with Gasteiger partial charge in [-0.1, -0.05) is 0 Å². The molecule has 0 spiro atoms. The first kappa shape index (κ1) is 16.1. The predicted molar refractivity (Wildman–Crippen MR) is 87.7 cm³/mol. The van der Waals surface area contributed by atoms with Gasteiger partial charge in [-0.2, -0.15) is 15.0 Å². The molecule has 0 amide bonds. The fraction of sp³-hybridized carbons (Fsp3) is 0.688. The molecule has 3 rings (SSSR count). The summed E-state index contributed by atoms with van der Waals surface area (Å²) in [7, 11) is 0. The molecule has 1 fully saturated rings. The molecule has 1 unspecified atom stereocenters. The highest BCUT2D eigenvalue weighted by Gasteiger charge is 2.26. The van der Waals surface area contributed by atoms with E-state index < -0.39 is 11.9 Å². The Morgan fingerprint density at radius 3 is 2.48 bits per heavy atom. The van der Waals surface area contributed by atoms with E-state index in [0.717, 1.165) is 19.3 Å². The number of hydrogen-bond donors (Lipinski definition) is 3. The lowest BCUT2D eigenvalue weighted by molar-refractivity contribution is 0.165. The maximum absolute atomic E-state index is 14.3. The first-order valence-electron chi connectivity index (χ1n) is 8.39. The van der Waals surface area contributed by atoms with Crippen LogP contribution in [0.25, 0.3) is 5.57 Å². The third-order valence-electron chi connectivity index (χ3n) is 4.25. The van der Waals surface area contributed by atoms with Crippen molar-refractivity contribution in [2.45, 2.75) is 70.6 Å². The fourth-order valence-corrected chi connectivity index (χ4v) is 2.77. The Morgan fingerprint density at radius 1 is 1.09 bits per heavy atom. The van der Waals surface area contributed by atoms with Crippen LogP contribution < -0.4 is 10.6 Å². The Balaban J connectivity index is 1.93. The highest BCUT2D eigenvalue weighted by molar-refractivity contribution is 5.65. The number of aromatic nitrogens is 3. The van der Waals surface area contributed by atoms with E-state index in [1.54, 1.807) is 0 Å². The highest BCUT2D eigenvalue weighted by Crippen LogP contribution is 2.32. The molecular weight excluding hydrogens is 297 g/mol. The quantitative estimate of drug-likeness (QED) is 0.773. The average Bonchev–Trinajstić information content (AvgIpc) is 2.45. The van der Waals surface area contributed by atoms with Gasteiger partial charge >= 0.3 is 0 Å². The van der Waals surface area contributed by atoms with Gasteiger partial charge < -0.3 is 15.7 Å². The minimum atomic E-state index is -1.04. The van der Waals surface area contributed by atoms with E-state index in [1.165, 1.54) is 6.42 Å². The summed E-state index contributed by atoms with van der Waals surface area (Å²) >= 11 is 0. The summed E-state index contributed by atoms with van der Waals surface area (Å²) in [6.07, 6.45) is 4.09. The molecular formula is C16H24FN5O. The van der Waals surface area contributed by atoms with Gasteiger partial charge in [-0.25, -0.2) is 4.39 Å². The van der Waals surface area contributed by atoms with Crippen LogP contribution >= 0.6 is 0 Å². The first-order valence-corrected chi connectivity index (χ1v) is 8.39. The van der Waals surface area contributed by atoms with Crippen LogP contribution in [-0.2, 0) is 0 Å². The molecule has 1 heterocycles. The normalized spacial score (nSPS) is 22.2. The lowest BCUT2D eigenvalue weighted by atomic mass is 9.93. The van der Waals surface area contributed by atoms with E-state index in [4.69, 9.17) is 0 Å². The van der Waals surface area contributed by atoms with Crippen molar-refractivity contribution in [1.82, 2.24) is 15.0 Å². The van der Waals surface area contributed by atoms with Crippen molar-refractivity contribution in [2.24, 2.45) is 0 Å². The predicted octanol–water partition coefficient (Wildman–Crippen LogP) is 2.88. The van der Waals surface area contributed by atoms with Crippen molar-refractivity contribution < 1.29 is 9.50 Å². The zero-order chi connectivity index (χ0) is 16.4. The maximum atomic E-state index is 14.3. The van der Waals surface area contributed by atoms with Crippen LogP contribution in [0.1, 0.15) is 58.2 Å². The van der Waals surface area contributed by atoms with Gasteiger partial charge in [0, 0.05) is 17.7 Å². The van der Waals surface area contributed by atoms with Gasteiger partial charge in [0.15, 0.2) is 5.82 Å². The number of aliphatic hydroxyl groups excluding tert-OH is 1. The van der Waals surface area contributed by atoms with Crippen LogP contribution in [0.3, 0.4) is 0 Å². The zero-order valence-electron chi connectivity index (χ0n) is 13.6. The molecule has 126 valence electrons. The van der Waals surface area contributed by atoms with Crippen molar-refractivity contribution >= 4 is 17.5 Å². The number of aliphatic hydroxyl groups is 1. The molecule has 2 aliphatic rings. The average molecular weight is 321 g/mol. The number of allylic oxidation sites excluding steroid dienone is 1. The minimum Gasteiger partial charge on any atom is -0.386 e. The van der Waals surface area contributed by atoms with E-state index in [9.17, 15) is 9.50 Å². The van der Waals surface area contributed by atoms with Gasteiger partial charge in [0.25, 0.3) is 0 Å². The number of halogens is 1. The fourth-order valence-electron chi connectivity index (χ4n) is 2.77. The molecule has 3 N–H and O–H groups in total. The molecule has 2 aliphatic carbocycles. The summed E-state index contributed by atoms with van der Waals surface area (Å²) in [6, 6.07) is 0.547. The molecule has 1 aromatic rings. The van der Waals surface area contributed by atoms with Crippen LogP contribution in [0.15, 0.2) is 5.83 Å². The summed E-state index contributed by atoms with van der Waals surface area (Å²) in [5.41, 5.74) is 0.398. The van der Waals surface area contributed by atoms with Gasteiger partial charge in [-0.15, -0.1) is 0 Å². The Labute approximate surface area is 135 Å². The molecule has 0 bridgehead atoms. The molecule has 0 aromatic carbocycles. The smallest absolute Gasteiger partial charge is 0.228 e. The van der Waals surface area contributed by atoms with Crippen LogP contribution in [0.5, 0.6) is 0 Å². The van der Waals surface area contributed by atoms with Crippen molar-refractivity contribution in [3.05, 3.63) is 11.7 Å². The molecule has 7 heteroatoms. The van der Waals surface area contributed by atoms with E-state index >= 15 is 0 Å². The summed E-state index contributed by atoms with van der Waals surface area (Å²) in [5.74, 6) is 0.726. The van der Waals surface area contributed by atoms with Crippen molar-refractivity contribution in [3.63, 3.8) is 0 Å². The number of anilines is 2. The third kappa shape index (κ3) is 3.77. The van der Waals surface area contributed by atoms with E-state index in [0.29, 0.717) is 42.2 Å². The van der Waals surface area contributed by atoms with Gasteiger partial charge in [-0.3, -0.25) is 0 Å². The lowest BCUT2D eigenvalue weighted by Crippen LogP contribution is -2.29. The number of nitrogens with one attached hydrogen (secondary N) is 2. The molecule has 1 aromatic heterocycles. The number of nitrogens with zero attached hydrogens (tertiary/aromatic N) is 3. The van der Waals surface area contributed by atoms with Crippen LogP contribution in [-0.4, -0.2) is 38.2 Å². The van der Waals surface area contributed by atoms with E-state index in [2.05, 4.69) is 25.6 Å². The van der Waals surface area contributed by atoms with Crippen LogP contribution in [0.2, 0.25) is 0 Å². The lowest BCUT2D eigenvalue weighted by Gasteiger charge is -2.27.